The van der Waals surface area contributed by atoms with Crippen molar-refractivity contribution in [1.29, 1.82) is 5.26 Å². The zero-order valence-corrected chi connectivity index (χ0v) is 18.3. The van der Waals surface area contributed by atoms with Crippen LogP contribution in [-0.4, -0.2) is 25.0 Å². The Morgan fingerprint density at radius 3 is 2.45 bits per heavy atom. The number of nitriles is 1. The number of benzene rings is 3. The van der Waals surface area contributed by atoms with Crippen LogP contribution in [0.4, 0.5) is 21.6 Å². The smallest absolute Gasteiger partial charge is 0.256 e. The number of nitrogens with zero attached hydrogens (tertiary/aromatic N) is 3. The first-order chi connectivity index (χ1) is 16.0. The Morgan fingerprint density at radius 2 is 1.79 bits per heavy atom. The second-order valence-corrected chi connectivity index (χ2v) is 7.72. The molecule has 0 atom stereocenters. The Hall–Kier alpha value is -4.44. The number of hydrogen-bond acceptors (Lipinski definition) is 5. The number of amides is 1. The highest BCUT2D eigenvalue weighted by Crippen LogP contribution is 2.34. The van der Waals surface area contributed by atoms with Gasteiger partial charge >= 0.3 is 0 Å². The van der Waals surface area contributed by atoms with Crippen molar-refractivity contribution in [2.45, 2.75) is 6.54 Å². The molecule has 1 amide bonds. The van der Waals surface area contributed by atoms with Gasteiger partial charge in [-0.2, -0.15) is 5.26 Å². The van der Waals surface area contributed by atoms with E-state index in [0.29, 0.717) is 17.7 Å². The molecule has 0 saturated heterocycles. The van der Waals surface area contributed by atoms with E-state index in [2.05, 4.69) is 21.7 Å². The van der Waals surface area contributed by atoms with Gasteiger partial charge in [0.25, 0.3) is 5.91 Å². The Morgan fingerprint density at radius 1 is 1.06 bits per heavy atom. The van der Waals surface area contributed by atoms with Crippen molar-refractivity contribution in [3.05, 3.63) is 95.3 Å². The number of halogens is 1. The lowest BCUT2D eigenvalue weighted by molar-refractivity contribution is 0.102. The second kappa shape index (κ2) is 9.37. The van der Waals surface area contributed by atoms with E-state index in [1.165, 1.54) is 24.3 Å². The molecule has 6 nitrogen and oxygen atoms in total. The molecule has 0 aliphatic rings. The lowest BCUT2D eigenvalue weighted by Gasteiger charge is -2.18. The molecule has 0 radical (unpaired) electrons. The maximum Gasteiger partial charge on any atom is 0.256 e. The third-order valence-corrected chi connectivity index (χ3v) is 5.25. The maximum atomic E-state index is 13.2. The van der Waals surface area contributed by atoms with Gasteiger partial charge in [0.2, 0.25) is 0 Å². The summed E-state index contributed by atoms with van der Waals surface area (Å²) in [5.74, 6) is -0.762. The lowest BCUT2D eigenvalue weighted by Crippen LogP contribution is -2.16. The number of rotatable bonds is 6. The number of fused-ring (bicyclic) bond motifs is 1. The normalized spacial score (nSPS) is 10.5. The third-order valence-electron chi connectivity index (χ3n) is 5.25. The van der Waals surface area contributed by atoms with Crippen LogP contribution in [0.1, 0.15) is 21.5 Å². The van der Waals surface area contributed by atoms with Gasteiger partial charge in [0, 0.05) is 37.3 Å². The molecule has 4 aromatic rings. The minimum absolute atomic E-state index is 0.146. The molecule has 164 valence electrons. The van der Waals surface area contributed by atoms with Crippen molar-refractivity contribution in [2.75, 3.05) is 29.6 Å². The summed E-state index contributed by atoms with van der Waals surface area (Å²) >= 11 is 0. The van der Waals surface area contributed by atoms with Crippen LogP contribution in [0.5, 0.6) is 0 Å². The SMILES string of the molecule is CN(C)c1ccc2nc(NC(=O)c3ccc(F)cc3)c(C#N)c(NCc3ccccc3)c2c1. The van der Waals surface area contributed by atoms with Crippen molar-refractivity contribution in [2.24, 2.45) is 0 Å². The largest absolute Gasteiger partial charge is 0.379 e. The van der Waals surface area contributed by atoms with Crippen molar-refractivity contribution < 1.29 is 9.18 Å². The quantitative estimate of drug-likeness (QED) is 0.433. The van der Waals surface area contributed by atoms with E-state index in [1.54, 1.807) is 0 Å². The summed E-state index contributed by atoms with van der Waals surface area (Å²) in [5.41, 5.74) is 3.72. The van der Waals surface area contributed by atoms with Crippen LogP contribution >= 0.6 is 0 Å². The van der Waals surface area contributed by atoms with Crippen molar-refractivity contribution in [3.8, 4) is 6.07 Å². The fourth-order valence-corrected chi connectivity index (χ4v) is 3.48. The molecule has 1 heterocycles. The van der Waals surface area contributed by atoms with Gasteiger partial charge in [-0.25, -0.2) is 9.37 Å². The number of hydrogen-bond donors (Lipinski definition) is 2. The van der Waals surface area contributed by atoms with Crippen LogP contribution in [-0.2, 0) is 6.54 Å². The van der Waals surface area contributed by atoms with E-state index >= 15 is 0 Å². The first kappa shape index (κ1) is 21.8. The predicted octanol–water partition coefficient (Wildman–Crippen LogP) is 5.18. The molecule has 0 saturated carbocycles. The molecular weight excluding hydrogens is 417 g/mol. The van der Waals surface area contributed by atoms with Crippen LogP contribution < -0.4 is 15.5 Å². The fourth-order valence-electron chi connectivity index (χ4n) is 3.48. The van der Waals surface area contributed by atoms with E-state index in [-0.39, 0.29) is 16.9 Å². The molecule has 1 aromatic heterocycles. The zero-order chi connectivity index (χ0) is 23.4. The molecule has 2 N–H and O–H groups in total. The van der Waals surface area contributed by atoms with Crippen molar-refractivity contribution in [1.82, 2.24) is 4.98 Å². The molecule has 7 heteroatoms. The van der Waals surface area contributed by atoms with Crippen molar-refractivity contribution in [3.63, 3.8) is 0 Å². The summed E-state index contributed by atoms with van der Waals surface area (Å²) in [6.45, 7) is 0.492. The van der Waals surface area contributed by atoms with Crippen LogP contribution in [0.15, 0.2) is 72.8 Å². The molecule has 0 fully saturated rings. The summed E-state index contributed by atoms with van der Waals surface area (Å²) in [6.07, 6.45) is 0. The summed E-state index contributed by atoms with van der Waals surface area (Å²) in [7, 11) is 3.88. The summed E-state index contributed by atoms with van der Waals surface area (Å²) in [4.78, 5) is 19.3. The third kappa shape index (κ3) is 4.75. The van der Waals surface area contributed by atoms with Gasteiger partial charge in [-0.15, -0.1) is 0 Å². The zero-order valence-electron chi connectivity index (χ0n) is 18.3. The minimum Gasteiger partial charge on any atom is -0.379 e. The Balaban J connectivity index is 1.79. The van der Waals surface area contributed by atoms with Gasteiger partial charge in [0.05, 0.1) is 11.2 Å². The van der Waals surface area contributed by atoms with Crippen LogP contribution in [0.25, 0.3) is 10.9 Å². The van der Waals surface area contributed by atoms with Crippen molar-refractivity contribution >= 4 is 34.0 Å². The Kier molecular flexibility index (Phi) is 6.18. The molecule has 0 aliphatic carbocycles. The van der Waals surface area contributed by atoms with Gasteiger partial charge in [-0.1, -0.05) is 30.3 Å². The highest BCUT2D eigenvalue weighted by Gasteiger charge is 2.18. The minimum atomic E-state index is -0.475. The molecule has 33 heavy (non-hydrogen) atoms. The average Bonchev–Trinajstić information content (AvgIpc) is 2.83. The highest BCUT2D eigenvalue weighted by molar-refractivity contribution is 6.07. The Bertz CT molecular complexity index is 1350. The summed E-state index contributed by atoms with van der Waals surface area (Å²) < 4.78 is 13.2. The molecule has 0 bridgehead atoms. The van der Waals surface area contributed by atoms with Crippen LogP contribution in [0.3, 0.4) is 0 Å². The molecule has 0 aliphatic heterocycles. The van der Waals surface area contributed by atoms with Gasteiger partial charge < -0.3 is 15.5 Å². The predicted molar refractivity (Wildman–Crippen MR) is 129 cm³/mol. The van der Waals surface area contributed by atoms with Crippen LogP contribution in [0.2, 0.25) is 0 Å². The summed E-state index contributed by atoms with van der Waals surface area (Å²) in [5, 5.41) is 16.9. The van der Waals surface area contributed by atoms with E-state index in [9.17, 15) is 14.4 Å². The average molecular weight is 439 g/mol. The number of anilines is 3. The molecule has 0 spiro atoms. The maximum absolute atomic E-state index is 13.2. The topological polar surface area (TPSA) is 81.1 Å². The first-order valence-corrected chi connectivity index (χ1v) is 10.4. The molecule has 3 aromatic carbocycles. The second-order valence-electron chi connectivity index (χ2n) is 7.72. The Labute approximate surface area is 191 Å². The van der Waals surface area contributed by atoms with E-state index in [1.807, 2.05) is 67.5 Å². The highest BCUT2D eigenvalue weighted by atomic mass is 19.1. The van der Waals surface area contributed by atoms with Crippen LogP contribution in [0, 0.1) is 17.1 Å². The lowest BCUT2D eigenvalue weighted by atomic mass is 10.1. The van der Waals surface area contributed by atoms with Gasteiger partial charge in [0.15, 0.2) is 5.82 Å². The van der Waals surface area contributed by atoms with Gasteiger partial charge in [-0.05, 0) is 48.0 Å². The number of aromatic nitrogens is 1. The summed E-state index contributed by atoms with van der Waals surface area (Å²) in [6, 6.07) is 23.0. The molecule has 4 rings (SSSR count). The number of carbonyl (C=O) groups excluding carboxylic acids is 1. The van der Waals surface area contributed by atoms with E-state index < -0.39 is 11.7 Å². The number of carbonyl (C=O) groups is 1. The van der Waals surface area contributed by atoms with Gasteiger partial charge in [0.1, 0.15) is 17.4 Å². The monoisotopic (exact) mass is 439 g/mol. The van der Waals surface area contributed by atoms with E-state index in [0.717, 1.165) is 16.6 Å². The standard InChI is InChI=1S/C26H22FN5O/c1-32(2)20-12-13-23-21(14-20)24(29-16-17-6-4-3-5-7-17)22(15-28)25(30-23)31-26(33)18-8-10-19(27)11-9-18/h3-14H,16H2,1-2H3,(H2,29,30,31,33). The number of nitrogens with one attached hydrogen (secondary N) is 2. The molecular formula is C26H22FN5O. The fraction of sp³-hybridized carbons (Fsp3) is 0.115. The number of pyridine rings is 1. The van der Waals surface area contributed by atoms with Gasteiger partial charge in [-0.3, -0.25) is 4.79 Å². The van der Waals surface area contributed by atoms with E-state index in [4.69, 9.17) is 0 Å². The molecule has 0 unspecified atom stereocenters. The first-order valence-electron chi connectivity index (χ1n) is 10.4.